The Kier molecular flexibility index (Phi) is 6.70. The van der Waals surface area contributed by atoms with Gasteiger partial charge in [0.25, 0.3) is 0 Å². The molecule has 170 valence electrons. The van der Waals surface area contributed by atoms with E-state index < -0.39 is 11.7 Å². The molecule has 0 aliphatic heterocycles. The molecule has 4 aromatic rings. The van der Waals surface area contributed by atoms with Crippen molar-refractivity contribution in [3.8, 4) is 22.8 Å². The lowest BCUT2D eigenvalue weighted by Crippen LogP contribution is -2.27. The van der Waals surface area contributed by atoms with Gasteiger partial charge in [0.05, 0.1) is 10.7 Å². The maximum absolute atomic E-state index is 13.0. The number of hydrogen-bond donors (Lipinski definition) is 0. The standard InChI is InChI=1S/C24H21BrClN3O3S/c1-24(2,3)32-23(30)29-21-17(22(25)28-29)12-14(20-18(26)6-5-11-27-20)13-19(21)31-15-7-9-16(33-4)10-8-15/h5-13H,1-4H3. The smallest absolute Gasteiger partial charge is 0.435 e. The summed E-state index contributed by atoms with van der Waals surface area (Å²) in [6.45, 7) is 5.41. The van der Waals surface area contributed by atoms with E-state index in [2.05, 4.69) is 26.0 Å². The second-order valence-electron chi connectivity index (χ2n) is 8.16. The Hall–Kier alpha value is -2.55. The fourth-order valence-corrected chi connectivity index (χ4v) is 4.30. The highest BCUT2D eigenvalue weighted by atomic mass is 79.9. The summed E-state index contributed by atoms with van der Waals surface area (Å²) in [5.74, 6) is 1.04. The number of halogens is 2. The van der Waals surface area contributed by atoms with Gasteiger partial charge in [0.15, 0.2) is 5.75 Å². The average molecular weight is 547 g/mol. The van der Waals surface area contributed by atoms with Gasteiger partial charge in [0, 0.05) is 22.0 Å². The van der Waals surface area contributed by atoms with Gasteiger partial charge in [-0.2, -0.15) is 9.78 Å². The Morgan fingerprint density at radius 1 is 1.15 bits per heavy atom. The van der Waals surface area contributed by atoms with Crippen molar-refractivity contribution in [2.75, 3.05) is 6.26 Å². The van der Waals surface area contributed by atoms with Crippen molar-refractivity contribution in [1.82, 2.24) is 14.8 Å². The average Bonchev–Trinajstić information content (AvgIpc) is 3.10. The van der Waals surface area contributed by atoms with Gasteiger partial charge in [-0.05, 0) is 91.5 Å². The summed E-state index contributed by atoms with van der Waals surface area (Å²) in [5, 5.41) is 5.55. The minimum Gasteiger partial charge on any atom is -0.455 e. The van der Waals surface area contributed by atoms with Gasteiger partial charge in [-0.25, -0.2) is 4.79 Å². The van der Waals surface area contributed by atoms with E-state index in [-0.39, 0.29) is 0 Å². The zero-order chi connectivity index (χ0) is 23.8. The van der Waals surface area contributed by atoms with Crippen LogP contribution in [0.4, 0.5) is 4.79 Å². The largest absolute Gasteiger partial charge is 0.455 e. The lowest BCUT2D eigenvalue weighted by Gasteiger charge is -2.19. The first kappa shape index (κ1) is 23.6. The molecule has 4 rings (SSSR count). The van der Waals surface area contributed by atoms with Crippen LogP contribution in [0.25, 0.3) is 22.2 Å². The lowest BCUT2D eigenvalue weighted by molar-refractivity contribution is 0.0521. The second-order valence-corrected chi connectivity index (χ2v) is 10.2. The van der Waals surface area contributed by atoms with Gasteiger partial charge in [-0.3, -0.25) is 4.98 Å². The van der Waals surface area contributed by atoms with E-state index in [1.807, 2.05) is 36.6 Å². The Labute approximate surface area is 209 Å². The summed E-state index contributed by atoms with van der Waals surface area (Å²) in [6.07, 6.45) is 3.08. The third-order valence-corrected chi connectivity index (χ3v) is 6.22. The van der Waals surface area contributed by atoms with Crippen molar-refractivity contribution >= 4 is 56.3 Å². The van der Waals surface area contributed by atoms with Crippen LogP contribution in [0.1, 0.15) is 20.8 Å². The molecule has 0 aliphatic rings. The lowest BCUT2D eigenvalue weighted by atomic mass is 10.1. The first-order valence-electron chi connectivity index (χ1n) is 10.0. The van der Waals surface area contributed by atoms with Crippen LogP contribution in [0.2, 0.25) is 5.02 Å². The Balaban J connectivity index is 1.91. The van der Waals surface area contributed by atoms with Crippen LogP contribution >= 0.6 is 39.3 Å². The molecule has 9 heteroatoms. The quantitative estimate of drug-likeness (QED) is 0.243. The third kappa shape index (κ3) is 5.18. The fourth-order valence-electron chi connectivity index (χ4n) is 3.20. The molecule has 0 fully saturated rings. The van der Waals surface area contributed by atoms with Crippen LogP contribution < -0.4 is 4.74 Å². The molecule has 0 spiro atoms. The summed E-state index contributed by atoms with van der Waals surface area (Å²) >= 11 is 11.5. The van der Waals surface area contributed by atoms with Gasteiger partial charge < -0.3 is 9.47 Å². The van der Waals surface area contributed by atoms with Crippen LogP contribution in [0.15, 0.2) is 64.2 Å². The molecule has 0 amide bonds. The third-order valence-electron chi connectivity index (χ3n) is 4.58. The summed E-state index contributed by atoms with van der Waals surface area (Å²) in [4.78, 5) is 18.5. The van der Waals surface area contributed by atoms with Crippen LogP contribution in [-0.4, -0.2) is 32.7 Å². The van der Waals surface area contributed by atoms with E-state index in [1.54, 1.807) is 56.9 Å². The zero-order valence-electron chi connectivity index (χ0n) is 18.4. The van der Waals surface area contributed by atoms with Crippen LogP contribution in [-0.2, 0) is 4.74 Å². The number of carbonyl (C=O) groups excluding carboxylic acids is 1. The van der Waals surface area contributed by atoms with E-state index in [4.69, 9.17) is 21.1 Å². The minimum absolute atomic E-state index is 0.421. The number of rotatable bonds is 4. The maximum atomic E-state index is 13.0. The molecule has 2 heterocycles. The molecule has 0 aliphatic carbocycles. The molecule has 33 heavy (non-hydrogen) atoms. The summed E-state index contributed by atoms with van der Waals surface area (Å²) < 4.78 is 13.5. The molecule has 0 radical (unpaired) electrons. The number of aromatic nitrogens is 3. The number of thioether (sulfide) groups is 1. The topological polar surface area (TPSA) is 66.2 Å². The molecule has 0 saturated carbocycles. The Bertz CT molecular complexity index is 1330. The number of pyridine rings is 1. The Morgan fingerprint density at radius 3 is 2.52 bits per heavy atom. The SMILES string of the molecule is CSc1ccc(Oc2cc(-c3ncccc3Cl)cc3c(Br)nn(C(=O)OC(C)(C)C)c23)cc1. The van der Waals surface area contributed by atoms with Gasteiger partial charge in [-0.15, -0.1) is 11.8 Å². The van der Waals surface area contributed by atoms with Gasteiger partial charge in [0.2, 0.25) is 0 Å². The number of hydrogen-bond acceptors (Lipinski definition) is 6. The first-order valence-corrected chi connectivity index (χ1v) is 12.4. The summed E-state index contributed by atoms with van der Waals surface area (Å²) in [5.41, 5.74) is 1.12. The van der Waals surface area contributed by atoms with E-state index in [9.17, 15) is 4.79 Å². The second kappa shape index (κ2) is 9.37. The predicted molar refractivity (Wildman–Crippen MR) is 136 cm³/mol. The van der Waals surface area contributed by atoms with Crippen molar-refractivity contribution < 1.29 is 14.3 Å². The molecular weight excluding hydrogens is 526 g/mol. The van der Waals surface area contributed by atoms with Crippen molar-refractivity contribution in [1.29, 1.82) is 0 Å². The molecule has 0 atom stereocenters. The van der Waals surface area contributed by atoms with E-state index in [0.29, 0.717) is 37.7 Å². The number of benzene rings is 2. The first-order chi connectivity index (χ1) is 15.7. The van der Waals surface area contributed by atoms with Gasteiger partial charge in [0.1, 0.15) is 21.5 Å². The van der Waals surface area contributed by atoms with Crippen molar-refractivity contribution in [3.63, 3.8) is 0 Å². The summed E-state index contributed by atoms with van der Waals surface area (Å²) in [6, 6.07) is 14.9. The van der Waals surface area contributed by atoms with Crippen molar-refractivity contribution in [2.45, 2.75) is 31.3 Å². The maximum Gasteiger partial charge on any atom is 0.435 e. The molecule has 0 unspecified atom stereocenters. The number of nitrogens with zero attached hydrogens (tertiary/aromatic N) is 3. The van der Waals surface area contributed by atoms with E-state index >= 15 is 0 Å². The van der Waals surface area contributed by atoms with Crippen LogP contribution in [0.3, 0.4) is 0 Å². The van der Waals surface area contributed by atoms with Gasteiger partial charge >= 0.3 is 6.09 Å². The van der Waals surface area contributed by atoms with E-state index in [1.165, 1.54) is 4.68 Å². The molecule has 0 N–H and O–H groups in total. The molecule has 0 bridgehead atoms. The predicted octanol–water partition coefficient (Wildman–Crippen LogP) is 7.81. The highest BCUT2D eigenvalue weighted by molar-refractivity contribution is 9.10. The van der Waals surface area contributed by atoms with Gasteiger partial charge in [-0.1, -0.05) is 11.6 Å². The van der Waals surface area contributed by atoms with Crippen molar-refractivity contribution in [2.24, 2.45) is 0 Å². The zero-order valence-corrected chi connectivity index (χ0v) is 21.6. The number of ether oxygens (including phenoxy) is 2. The molecule has 6 nitrogen and oxygen atoms in total. The van der Waals surface area contributed by atoms with Crippen LogP contribution in [0, 0.1) is 0 Å². The highest BCUT2D eigenvalue weighted by Gasteiger charge is 2.25. The molecule has 2 aromatic heterocycles. The molecule has 2 aromatic carbocycles. The highest BCUT2D eigenvalue weighted by Crippen LogP contribution is 2.39. The number of fused-ring (bicyclic) bond motifs is 1. The van der Waals surface area contributed by atoms with E-state index in [0.717, 1.165) is 10.5 Å². The molecular formula is C24H21BrClN3O3S. The minimum atomic E-state index is -0.683. The normalized spacial score (nSPS) is 11.6. The van der Waals surface area contributed by atoms with Crippen molar-refractivity contribution in [3.05, 3.63) is 64.4 Å². The number of carbonyl (C=O) groups is 1. The van der Waals surface area contributed by atoms with Crippen LogP contribution in [0.5, 0.6) is 11.5 Å². The summed E-state index contributed by atoms with van der Waals surface area (Å²) in [7, 11) is 0. The Morgan fingerprint density at radius 2 is 1.88 bits per heavy atom. The fraction of sp³-hybridized carbons (Fsp3) is 0.208. The monoisotopic (exact) mass is 545 g/mol. The molecule has 0 saturated heterocycles.